The van der Waals surface area contributed by atoms with Gasteiger partial charge < -0.3 is 15.1 Å². The highest BCUT2D eigenvalue weighted by Crippen LogP contribution is 2.20. The zero-order valence-electron chi connectivity index (χ0n) is 16.3. The summed E-state index contributed by atoms with van der Waals surface area (Å²) in [5, 5.41) is 4.22. The van der Waals surface area contributed by atoms with Crippen molar-refractivity contribution in [3.05, 3.63) is 71.9 Å². The summed E-state index contributed by atoms with van der Waals surface area (Å²) in [5.41, 5.74) is 2.97. The lowest BCUT2D eigenvalue weighted by atomic mass is 10.1. The smallest absolute Gasteiger partial charge is 0.251 e. The molecule has 1 aliphatic heterocycles. The lowest BCUT2D eigenvalue weighted by Crippen LogP contribution is -2.43. The van der Waals surface area contributed by atoms with E-state index in [4.69, 9.17) is 4.84 Å². The van der Waals surface area contributed by atoms with Crippen LogP contribution in [0.5, 0.6) is 0 Å². The number of piperidine rings is 1. The maximum Gasteiger partial charge on any atom is 0.251 e. The number of hydrogen-bond acceptors (Lipinski definition) is 3. The van der Waals surface area contributed by atoms with Gasteiger partial charge in [-0.05, 0) is 44.0 Å². The minimum atomic E-state index is -0.00576. The summed E-state index contributed by atoms with van der Waals surface area (Å²) in [5.74, 6) is -0.00576. The average molecular weight is 377 g/mol. The Morgan fingerprint density at radius 2 is 1.79 bits per heavy atom. The number of aryl methyl sites for hydroxylation is 1. The van der Waals surface area contributed by atoms with E-state index in [2.05, 4.69) is 41.4 Å². The first-order valence-corrected chi connectivity index (χ1v) is 10.0. The third kappa shape index (κ3) is 4.20. The Labute approximate surface area is 165 Å². The molecule has 1 fully saturated rings. The molecule has 0 aliphatic carbocycles. The van der Waals surface area contributed by atoms with Gasteiger partial charge in [-0.3, -0.25) is 4.79 Å². The van der Waals surface area contributed by atoms with Gasteiger partial charge in [-0.15, -0.1) is 0 Å². The molecule has 1 amide bonds. The molecule has 0 radical (unpaired) electrons. The maximum atomic E-state index is 12.1. The van der Waals surface area contributed by atoms with Gasteiger partial charge >= 0.3 is 0 Å². The monoisotopic (exact) mass is 377 g/mol. The fraction of sp³-hybridized carbons (Fsp3) is 0.348. The van der Waals surface area contributed by atoms with Crippen LogP contribution in [-0.2, 0) is 0 Å². The third-order valence-corrected chi connectivity index (χ3v) is 5.38. The molecular weight excluding hydrogens is 350 g/mol. The highest BCUT2D eigenvalue weighted by molar-refractivity contribution is 5.94. The first-order chi connectivity index (χ1) is 13.7. The molecule has 4 rings (SSSR count). The summed E-state index contributed by atoms with van der Waals surface area (Å²) in [6, 6.07) is 19.9. The SMILES string of the molecule is Cc1cc2ccccc2n1OC1CCN(CCNC(=O)c2ccccc2)CC1. The maximum absolute atomic E-state index is 12.1. The first-order valence-electron chi connectivity index (χ1n) is 10.0. The standard InChI is InChI=1S/C23H27N3O2/c1-18-17-20-9-5-6-10-22(20)26(18)28-21-11-14-25(15-12-21)16-13-24-23(27)19-7-3-2-4-8-19/h2-10,17,21H,11-16H2,1H3,(H,24,27). The number of carbonyl (C=O) groups is 1. The molecule has 1 saturated heterocycles. The fourth-order valence-corrected chi connectivity index (χ4v) is 3.81. The van der Waals surface area contributed by atoms with Crippen molar-refractivity contribution < 1.29 is 9.63 Å². The van der Waals surface area contributed by atoms with Crippen molar-refractivity contribution in [1.29, 1.82) is 0 Å². The predicted octanol–water partition coefficient (Wildman–Crippen LogP) is 3.27. The van der Waals surface area contributed by atoms with Crippen LogP contribution in [0.1, 0.15) is 28.9 Å². The highest BCUT2D eigenvalue weighted by atomic mass is 16.7. The summed E-state index contributed by atoms with van der Waals surface area (Å²) >= 11 is 0. The quantitative estimate of drug-likeness (QED) is 0.717. The summed E-state index contributed by atoms with van der Waals surface area (Å²) in [4.78, 5) is 20.8. The van der Waals surface area contributed by atoms with Gasteiger partial charge in [-0.2, -0.15) is 4.73 Å². The molecular formula is C23H27N3O2. The normalized spacial score (nSPS) is 15.6. The number of para-hydroxylation sites is 1. The van der Waals surface area contributed by atoms with Crippen molar-refractivity contribution in [3.8, 4) is 0 Å². The molecule has 5 heteroatoms. The summed E-state index contributed by atoms with van der Waals surface area (Å²) < 4.78 is 1.98. The Bertz CT molecular complexity index is 927. The van der Waals surface area contributed by atoms with Crippen LogP contribution in [0.3, 0.4) is 0 Å². The molecule has 1 N–H and O–H groups in total. The molecule has 5 nitrogen and oxygen atoms in total. The number of nitrogens with zero attached hydrogens (tertiary/aromatic N) is 2. The number of carbonyl (C=O) groups excluding carboxylic acids is 1. The molecule has 1 aliphatic rings. The van der Waals surface area contributed by atoms with Gasteiger partial charge in [0.05, 0.1) is 11.2 Å². The largest absolute Gasteiger partial charge is 0.410 e. The number of fused-ring (bicyclic) bond motifs is 1. The van der Waals surface area contributed by atoms with E-state index in [1.54, 1.807) is 0 Å². The lowest BCUT2D eigenvalue weighted by molar-refractivity contribution is 0.000689. The van der Waals surface area contributed by atoms with E-state index in [0.29, 0.717) is 12.1 Å². The second-order valence-corrected chi connectivity index (χ2v) is 7.41. The van der Waals surface area contributed by atoms with Crippen molar-refractivity contribution in [3.63, 3.8) is 0 Å². The number of hydrogen-bond donors (Lipinski definition) is 1. The van der Waals surface area contributed by atoms with Crippen LogP contribution < -0.4 is 10.2 Å². The van der Waals surface area contributed by atoms with Gasteiger partial charge in [0.25, 0.3) is 5.91 Å². The molecule has 2 heterocycles. The topological polar surface area (TPSA) is 46.5 Å². The Morgan fingerprint density at radius 1 is 1.07 bits per heavy atom. The van der Waals surface area contributed by atoms with Crippen LogP contribution >= 0.6 is 0 Å². The van der Waals surface area contributed by atoms with Crippen molar-refractivity contribution >= 4 is 16.8 Å². The lowest BCUT2D eigenvalue weighted by Gasteiger charge is -2.32. The Morgan fingerprint density at radius 3 is 2.57 bits per heavy atom. The molecule has 0 spiro atoms. The number of benzene rings is 2. The number of nitrogens with one attached hydrogen (secondary N) is 1. The molecule has 0 atom stereocenters. The molecule has 28 heavy (non-hydrogen) atoms. The summed E-state index contributed by atoms with van der Waals surface area (Å²) in [6.07, 6.45) is 2.22. The summed E-state index contributed by atoms with van der Waals surface area (Å²) in [7, 11) is 0. The van der Waals surface area contributed by atoms with Crippen molar-refractivity contribution in [2.75, 3.05) is 26.2 Å². The molecule has 0 unspecified atom stereocenters. The van der Waals surface area contributed by atoms with Crippen molar-refractivity contribution in [2.45, 2.75) is 25.9 Å². The second-order valence-electron chi connectivity index (χ2n) is 7.41. The Kier molecular flexibility index (Phi) is 5.63. The highest BCUT2D eigenvalue weighted by Gasteiger charge is 2.22. The van der Waals surface area contributed by atoms with Gasteiger partial charge in [0.15, 0.2) is 0 Å². The van der Waals surface area contributed by atoms with E-state index >= 15 is 0 Å². The molecule has 0 bridgehead atoms. The van der Waals surface area contributed by atoms with E-state index in [1.165, 1.54) is 5.39 Å². The predicted molar refractivity (Wildman–Crippen MR) is 111 cm³/mol. The minimum Gasteiger partial charge on any atom is -0.410 e. The third-order valence-electron chi connectivity index (χ3n) is 5.38. The van der Waals surface area contributed by atoms with Gasteiger partial charge in [0, 0.05) is 37.1 Å². The Hall–Kier alpha value is -2.79. The Balaban J connectivity index is 1.23. The zero-order valence-corrected chi connectivity index (χ0v) is 16.3. The minimum absolute atomic E-state index is 0.00576. The van der Waals surface area contributed by atoms with Crippen LogP contribution in [0.15, 0.2) is 60.7 Å². The van der Waals surface area contributed by atoms with Crippen LogP contribution in [0.25, 0.3) is 10.9 Å². The molecule has 1 aromatic heterocycles. The van der Waals surface area contributed by atoms with E-state index < -0.39 is 0 Å². The van der Waals surface area contributed by atoms with Crippen molar-refractivity contribution in [1.82, 2.24) is 14.9 Å². The first kappa shape index (κ1) is 18.6. The molecule has 3 aromatic rings. The summed E-state index contributed by atoms with van der Waals surface area (Å²) in [6.45, 7) is 5.61. The number of rotatable bonds is 6. The van der Waals surface area contributed by atoms with E-state index in [9.17, 15) is 4.79 Å². The fourth-order valence-electron chi connectivity index (χ4n) is 3.81. The van der Waals surface area contributed by atoms with Crippen molar-refractivity contribution in [2.24, 2.45) is 0 Å². The van der Waals surface area contributed by atoms with Gasteiger partial charge in [0.1, 0.15) is 6.10 Å². The number of likely N-dealkylation sites (tertiary alicyclic amines) is 1. The average Bonchev–Trinajstić information content (AvgIpc) is 3.05. The molecule has 0 saturated carbocycles. The number of aromatic nitrogens is 1. The molecule has 146 valence electrons. The number of amides is 1. The van der Waals surface area contributed by atoms with Crippen LogP contribution in [0.2, 0.25) is 0 Å². The second kappa shape index (κ2) is 8.48. The molecule has 2 aromatic carbocycles. The van der Waals surface area contributed by atoms with Gasteiger partial charge in [-0.1, -0.05) is 36.4 Å². The van der Waals surface area contributed by atoms with Crippen LogP contribution in [0.4, 0.5) is 0 Å². The van der Waals surface area contributed by atoms with Crippen LogP contribution in [-0.4, -0.2) is 47.8 Å². The van der Waals surface area contributed by atoms with E-state index in [-0.39, 0.29) is 12.0 Å². The van der Waals surface area contributed by atoms with E-state index in [0.717, 1.165) is 43.7 Å². The van der Waals surface area contributed by atoms with Gasteiger partial charge in [-0.25, -0.2) is 0 Å². The van der Waals surface area contributed by atoms with E-state index in [1.807, 2.05) is 41.1 Å². The van der Waals surface area contributed by atoms with Crippen LogP contribution in [0, 0.1) is 6.92 Å². The van der Waals surface area contributed by atoms with Gasteiger partial charge in [0.2, 0.25) is 0 Å². The zero-order chi connectivity index (χ0) is 19.3.